The second-order valence-electron chi connectivity index (χ2n) is 5.63. The van der Waals surface area contributed by atoms with Gasteiger partial charge in [-0.3, -0.25) is 9.59 Å². The molecule has 0 aliphatic carbocycles. The molecule has 2 amide bonds. The molecule has 0 aromatic heterocycles. The lowest BCUT2D eigenvalue weighted by molar-refractivity contribution is -0.120. The van der Waals surface area contributed by atoms with Crippen LogP contribution in [0.5, 0.6) is 5.75 Å². The molecule has 0 unspecified atom stereocenters. The Hall–Kier alpha value is -1.92. The number of anilines is 2. The van der Waals surface area contributed by atoms with Crippen LogP contribution in [0.2, 0.25) is 15.1 Å². The second-order valence-corrected chi connectivity index (χ2v) is 7.20. The number of hydrogen-bond acceptors (Lipinski definition) is 4. The normalized spacial score (nSPS) is 14.2. The van der Waals surface area contributed by atoms with Crippen LogP contribution < -0.4 is 15.0 Å². The molecular weight excluding hydrogens is 434 g/mol. The summed E-state index contributed by atoms with van der Waals surface area (Å²) < 4.78 is 5.27. The van der Waals surface area contributed by atoms with Gasteiger partial charge >= 0.3 is 0 Å². The van der Waals surface area contributed by atoms with Gasteiger partial charge in [-0.1, -0.05) is 52.5 Å². The Balaban J connectivity index is 2.01. The summed E-state index contributed by atoms with van der Waals surface area (Å²) in [4.78, 5) is 26.3. The number of aryl methyl sites for hydroxylation is 1. The third kappa shape index (κ3) is 3.48. The van der Waals surface area contributed by atoms with Crippen LogP contribution in [0.15, 0.2) is 41.1 Å². The summed E-state index contributed by atoms with van der Waals surface area (Å²) in [5.41, 5.74) is 1.24. The molecule has 0 saturated heterocycles. The summed E-state index contributed by atoms with van der Waals surface area (Å²) in [6.07, 6.45) is 0. The molecule has 1 aliphatic heterocycles. The Morgan fingerprint density at radius 3 is 2.37 bits per heavy atom. The van der Waals surface area contributed by atoms with E-state index >= 15 is 0 Å². The van der Waals surface area contributed by atoms with E-state index in [2.05, 4.69) is 5.32 Å². The number of hydrogen-bond donors (Lipinski definition) is 1. The first kappa shape index (κ1) is 19.8. The zero-order valence-corrected chi connectivity index (χ0v) is 17.1. The number of halogens is 4. The molecule has 2 aromatic rings. The summed E-state index contributed by atoms with van der Waals surface area (Å²) >= 11 is 24.4. The van der Waals surface area contributed by atoms with Crippen LogP contribution in [-0.4, -0.2) is 18.9 Å². The fourth-order valence-electron chi connectivity index (χ4n) is 2.56. The maximum atomic E-state index is 12.9. The number of amides is 2. The monoisotopic (exact) mass is 444 g/mol. The molecule has 3 rings (SSSR count). The highest BCUT2D eigenvalue weighted by molar-refractivity contribution is 6.54. The Kier molecular flexibility index (Phi) is 5.58. The predicted octanol–water partition coefficient (Wildman–Crippen LogP) is 5.40. The quantitative estimate of drug-likeness (QED) is 0.640. The van der Waals surface area contributed by atoms with Gasteiger partial charge in [-0.25, -0.2) is 4.90 Å². The fourth-order valence-corrected chi connectivity index (χ4v) is 3.31. The van der Waals surface area contributed by atoms with E-state index in [0.717, 1.165) is 10.5 Å². The summed E-state index contributed by atoms with van der Waals surface area (Å²) in [6.45, 7) is 1.79. The van der Waals surface area contributed by atoms with Crippen LogP contribution in [0.25, 0.3) is 0 Å². The molecule has 2 aromatic carbocycles. The van der Waals surface area contributed by atoms with Gasteiger partial charge in [-0.2, -0.15) is 0 Å². The first-order chi connectivity index (χ1) is 12.8. The van der Waals surface area contributed by atoms with Crippen LogP contribution in [-0.2, 0) is 9.59 Å². The van der Waals surface area contributed by atoms with Crippen molar-refractivity contribution in [2.45, 2.75) is 6.92 Å². The topological polar surface area (TPSA) is 58.6 Å². The highest BCUT2D eigenvalue weighted by Gasteiger charge is 2.40. The number of nitrogens with one attached hydrogen (secondary N) is 1. The number of carbonyl (C=O) groups is 2. The maximum absolute atomic E-state index is 12.9. The van der Waals surface area contributed by atoms with Crippen molar-refractivity contribution < 1.29 is 14.3 Å². The van der Waals surface area contributed by atoms with Crippen LogP contribution in [0.1, 0.15) is 5.56 Å². The van der Waals surface area contributed by atoms with Crippen molar-refractivity contribution in [3.63, 3.8) is 0 Å². The van der Waals surface area contributed by atoms with Crippen molar-refractivity contribution in [2.24, 2.45) is 0 Å². The molecule has 27 heavy (non-hydrogen) atoms. The third-order valence-electron chi connectivity index (χ3n) is 3.94. The largest absolute Gasteiger partial charge is 0.495 e. The molecule has 0 spiro atoms. The molecule has 1 N–H and O–H groups in total. The summed E-state index contributed by atoms with van der Waals surface area (Å²) in [5, 5.41) is 3.38. The Bertz CT molecular complexity index is 1000. The van der Waals surface area contributed by atoms with E-state index in [1.807, 2.05) is 0 Å². The van der Waals surface area contributed by atoms with Crippen LogP contribution >= 0.6 is 46.4 Å². The van der Waals surface area contributed by atoms with E-state index in [-0.39, 0.29) is 26.5 Å². The van der Waals surface area contributed by atoms with Crippen molar-refractivity contribution in [3.05, 3.63) is 61.7 Å². The molecule has 0 saturated carbocycles. The van der Waals surface area contributed by atoms with Crippen LogP contribution in [0.3, 0.4) is 0 Å². The molecular formula is C18H12Cl4N2O3. The number of nitrogens with zero attached hydrogens (tertiary/aromatic N) is 1. The minimum Gasteiger partial charge on any atom is -0.495 e. The minimum atomic E-state index is -0.710. The number of carbonyl (C=O) groups excluding carboxylic acids is 2. The molecule has 0 atom stereocenters. The lowest BCUT2D eigenvalue weighted by Crippen LogP contribution is -2.32. The average Bonchev–Trinajstić information content (AvgIpc) is 2.84. The van der Waals surface area contributed by atoms with E-state index in [1.165, 1.54) is 13.2 Å². The first-order valence-corrected chi connectivity index (χ1v) is 9.11. The predicted molar refractivity (Wildman–Crippen MR) is 108 cm³/mol. The number of ether oxygens (including phenoxy) is 1. The van der Waals surface area contributed by atoms with Crippen molar-refractivity contribution in [2.75, 3.05) is 17.3 Å². The highest BCUT2D eigenvalue weighted by Crippen LogP contribution is 2.39. The standard InChI is InChI=1S/C18H12Cl4N2O3/c1-8-6-11(13(27-2)7-10(8)20)23-16-15(22)17(25)24(18(16)26)12-5-3-4-9(19)14(12)21/h3-7,23H,1-2H3. The molecule has 0 fully saturated rings. The third-order valence-corrected chi connectivity index (χ3v) is 5.51. The van der Waals surface area contributed by atoms with Gasteiger partial charge in [0, 0.05) is 11.1 Å². The van der Waals surface area contributed by atoms with Crippen molar-refractivity contribution in [1.29, 1.82) is 0 Å². The van der Waals surface area contributed by atoms with Gasteiger partial charge < -0.3 is 10.1 Å². The maximum Gasteiger partial charge on any atom is 0.283 e. The van der Waals surface area contributed by atoms with Gasteiger partial charge in [-0.05, 0) is 30.7 Å². The fraction of sp³-hybridized carbons (Fsp3) is 0.111. The molecule has 1 aliphatic rings. The second kappa shape index (κ2) is 7.60. The van der Waals surface area contributed by atoms with Gasteiger partial charge in [0.2, 0.25) is 0 Å². The number of methoxy groups -OCH3 is 1. The number of benzene rings is 2. The first-order valence-electron chi connectivity index (χ1n) is 7.60. The average molecular weight is 446 g/mol. The molecule has 1 heterocycles. The van der Waals surface area contributed by atoms with Gasteiger partial charge in [0.1, 0.15) is 16.5 Å². The Morgan fingerprint density at radius 2 is 1.70 bits per heavy atom. The summed E-state index contributed by atoms with van der Waals surface area (Å²) in [6, 6.07) is 7.92. The molecule has 5 nitrogen and oxygen atoms in total. The number of imide groups is 1. The molecule has 9 heteroatoms. The smallest absolute Gasteiger partial charge is 0.283 e. The Morgan fingerprint density at radius 1 is 1.00 bits per heavy atom. The summed E-state index contributed by atoms with van der Waals surface area (Å²) in [7, 11) is 1.46. The Labute approximate surface area is 175 Å². The van der Waals surface area contributed by atoms with Gasteiger partial charge in [0.25, 0.3) is 11.8 Å². The SMILES string of the molecule is COc1cc(Cl)c(C)cc1NC1=C(Cl)C(=O)N(c2cccc(Cl)c2Cl)C1=O. The minimum absolute atomic E-state index is 0.0755. The summed E-state index contributed by atoms with van der Waals surface area (Å²) in [5.74, 6) is -0.983. The van der Waals surface area contributed by atoms with Crippen molar-refractivity contribution >= 4 is 69.6 Å². The van der Waals surface area contributed by atoms with Crippen LogP contribution in [0.4, 0.5) is 11.4 Å². The van der Waals surface area contributed by atoms with Crippen molar-refractivity contribution in [3.8, 4) is 5.75 Å². The zero-order chi connectivity index (χ0) is 19.9. The zero-order valence-electron chi connectivity index (χ0n) is 14.1. The molecule has 140 valence electrons. The van der Waals surface area contributed by atoms with E-state index in [4.69, 9.17) is 51.1 Å². The molecule has 0 radical (unpaired) electrons. The van der Waals surface area contributed by atoms with Crippen molar-refractivity contribution in [1.82, 2.24) is 0 Å². The lowest BCUT2D eigenvalue weighted by Gasteiger charge is -2.17. The van der Waals surface area contributed by atoms with E-state index in [0.29, 0.717) is 16.5 Å². The van der Waals surface area contributed by atoms with E-state index in [1.54, 1.807) is 31.2 Å². The van der Waals surface area contributed by atoms with E-state index in [9.17, 15) is 9.59 Å². The van der Waals surface area contributed by atoms with Gasteiger partial charge in [-0.15, -0.1) is 0 Å². The van der Waals surface area contributed by atoms with Crippen LogP contribution in [0, 0.1) is 6.92 Å². The van der Waals surface area contributed by atoms with Gasteiger partial charge in [0.05, 0.1) is 28.5 Å². The van der Waals surface area contributed by atoms with E-state index < -0.39 is 11.8 Å². The van der Waals surface area contributed by atoms with Gasteiger partial charge in [0.15, 0.2) is 0 Å². The molecule has 0 bridgehead atoms. The highest BCUT2D eigenvalue weighted by atomic mass is 35.5. The lowest BCUT2D eigenvalue weighted by atomic mass is 10.2. The number of rotatable bonds is 4.